The molecule has 1 atom stereocenters. The molecular formula is C19H31NO. The van der Waals surface area contributed by atoms with E-state index in [0.717, 1.165) is 24.8 Å². The molecular weight excluding hydrogens is 258 g/mol. The lowest BCUT2D eigenvalue weighted by atomic mass is 9.76. The van der Waals surface area contributed by atoms with E-state index in [2.05, 4.69) is 37.4 Å². The summed E-state index contributed by atoms with van der Waals surface area (Å²) in [5.74, 6) is 3.14. The highest BCUT2D eigenvalue weighted by atomic mass is 16.5. The number of ether oxygens (including phenoxy) is 1. The third kappa shape index (κ3) is 5.03. The fraction of sp³-hybridized carbons (Fsp3) is 0.684. The molecule has 0 amide bonds. The Morgan fingerprint density at radius 1 is 1.14 bits per heavy atom. The highest BCUT2D eigenvalue weighted by Crippen LogP contribution is 2.36. The Balaban J connectivity index is 2.09. The average molecular weight is 289 g/mol. The highest BCUT2D eigenvalue weighted by Gasteiger charge is 2.25. The van der Waals surface area contributed by atoms with Gasteiger partial charge in [-0.2, -0.15) is 0 Å². The van der Waals surface area contributed by atoms with Crippen LogP contribution in [-0.2, 0) is 0 Å². The minimum Gasteiger partial charge on any atom is -0.497 e. The topological polar surface area (TPSA) is 21.3 Å². The van der Waals surface area contributed by atoms with Gasteiger partial charge < -0.3 is 10.1 Å². The van der Waals surface area contributed by atoms with E-state index in [1.807, 2.05) is 6.07 Å². The molecule has 0 aromatic heterocycles. The molecule has 1 N–H and O–H groups in total. The van der Waals surface area contributed by atoms with E-state index in [-0.39, 0.29) is 0 Å². The molecule has 118 valence electrons. The zero-order valence-electron chi connectivity index (χ0n) is 13.9. The zero-order chi connectivity index (χ0) is 15.1. The van der Waals surface area contributed by atoms with Crippen LogP contribution in [-0.4, -0.2) is 20.2 Å². The monoisotopic (exact) mass is 289 g/mol. The van der Waals surface area contributed by atoms with Crippen LogP contribution in [0.1, 0.15) is 57.4 Å². The van der Waals surface area contributed by atoms with E-state index >= 15 is 0 Å². The lowest BCUT2D eigenvalue weighted by molar-refractivity contribution is 0.294. The van der Waals surface area contributed by atoms with Gasteiger partial charge in [-0.05, 0) is 54.8 Å². The summed E-state index contributed by atoms with van der Waals surface area (Å²) >= 11 is 0. The summed E-state index contributed by atoms with van der Waals surface area (Å²) < 4.78 is 5.41. The third-order valence-electron chi connectivity index (χ3n) is 4.66. The normalized spacial score (nSPS) is 17.9. The maximum Gasteiger partial charge on any atom is 0.119 e. The van der Waals surface area contributed by atoms with Crippen molar-refractivity contribution in [2.75, 3.05) is 20.2 Å². The van der Waals surface area contributed by atoms with Gasteiger partial charge in [0.15, 0.2) is 0 Å². The van der Waals surface area contributed by atoms with Crippen LogP contribution in [0, 0.1) is 11.8 Å². The fourth-order valence-electron chi connectivity index (χ4n) is 3.49. The maximum absolute atomic E-state index is 5.41. The second kappa shape index (κ2) is 8.43. The first-order valence-corrected chi connectivity index (χ1v) is 8.55. The van der Waals surface area contributed by atoms with E-state index in [0.29, 0.717) is 11.8 Å². The lowest BCUT2D eigenvalue weighted by Crippen LogP contribution is -2.30. The third-order valence-corrected chi connectivity index (χ3v) is 4.66. The summed E-state index contributed by atoms with van der Waals surface area (Å²) in [7, 11) is 1.76. The molecule has 2 nitrogen and oxygen atoms in total. The molecule has 2 rings (SSSR count). The van der Waals surface area contributed by atoms with E-state index in [4.69, 9.17) is 4.74 Å². The van der Waals surface area contributed by atoms with Gasteiger partial charge in [-0.25, -0.2) is 0 Å². The summed E-state index contributed by atoms with van der Waals surface area (Å²) in [6.45, 7) is 6.74. The molecule has 1 aromatic rings. The molecule has 0 spiro atoms. The predicted molar refractivity (Wildman–Crippen MR) is 90.0 cm³/mol. The molecule has 1 aliphatic carbocycles. The number of nitrogens with one attached hydrogen (secondary N) is 1. The summed E-state index contributed by atoms with van der Waals surface area (Å²) in [6.07, 6.45) is 6.97. The van der Waals surface area contributed by atoms with Crippen molar-refractivity contribution in [1.82, 2.24) is 5.32 Å². The van der Waals surface area contributed by atoms with Crippen molar-refractivity contribution in [3.8, 4) is 5.75 Å². The first-order chi connectivity index (χ1) is 10.2. The van der Waals surface area contributed by atoms with Gasteiger partial charge in [0.05, 0.1) is 7.11 Å². The standard InChI is InChI=1S/C19H31NO/c1-15(2)13-20-14-19(16-8-5-4-6-9-16)17-10-7-11-18(12-17)21-3/h7,10-12,15-16,19-20H,4-6,8-9,13-14H2,1-3H3. The molecule has 0 saturated heterocycles. The Bertz CT molecular complexity index is 410. The van der Waals surface area contributed by atoms with E-state index in [1.165, 1.54) is 37.7 Å². The van der Waals surface area contributed by atoms with Gasteiger partial charge in [0.1, 0.15) is 5.75 Å². The quantitative estimate of drug-likeness (QED) is 0.791. The molecule has 1 unspecified atom stereocenters. The highest BCUT2D eigenvalue weighted by molar-refractivity contribution is 5.31. The second-order valence-electron chi connectivity index (χ2n) is 6.83. The Morgan fingerprint density at radius 2 is 1.90 bits per heavy atom. The van der Waals surface area contributed by atoms with Gasteiger partial charge in [0, 0.05) is 6.54 Å². The molecule has 2 heteroatoms. The second-order valence-corrected chi connectivity index (χ2v) is 6.83. The fourth-order valence-corrected chi connectivity index (χ4v) is 3.49. The van der Waals surface area contributed by atoms with Crippen LogP contribution in [0.25, 0.3) is 0 Å². The zero-order valence-corrected chi connectivity index (χ0v) is 13.9. The van der Waals surface area contributed by atoms with Gasteiger partial charge in [-0.3, -0.25) is 0 Å². The van der Waals surface area contributed by atoms with Gasteiger partial charge >= 0.3 is 0 Å². The number of methoxy groups -OCH3 is 1. The van der Waals surface area contributed by atoms with Crippen molar-refractivity contribution >= 4 is 0 Å². The molecule has 21 heavy (non-hydrogen) atoms. The van der Waals surface area contributed by atoms with Gasteiger partial charge in [0.25, 0.3) is 0 Å². The SMILES string of the molecule is COc1cccc(C(CNCC(C)C)C2CCCCC2)c1. The lowest BCUT2D eigenvalue weighted by Gasteiger charge is -2.31. The van der Waals surface area contributed by atoms with Crippen LogP contribution in [0.2, 0.25) is 0 Å². The van der Waals surface area contributed by atoms with Crippen LogP contribution < -0.4 is 10.1 Å². The van der Waals surface area contributed by atoms with E-state index in [9.17, 15) is 0 Å². The number of hydrogen-bond acceptors (Lipinski definition) is 2. The summed E-state index contributed by atoms with van der Waals surface area (Å²) in [6, 6.07) is 8.69. The maximum atomic E-state index is 5.41. The number of benzene rings is 1. The van der Waals surface area contributed by atoms with Crippen molar-refractivity contribution in [3.05, 3.63) is 29.8 Å². The van der Waals surface area contributed by atoms with Gasteiger partial charge in [-0.1, -0.05) is 45.2 Å². The summed E-state index contributed by atoms with van der Waals surface area (Å²) in [5, 5.41) is 3.68. The van der Waals surface area contributed by atoms with Crippen molar-refractivity contribution in [1.29, 1.82) is 0 Å². The van der Waals surface area contributed by atoms with Gasteiger partial charge in [0.2, 0.25) is 0 Å². The van der Waals surface area contributed by atoms with Crippen molar-refractivity contribution < 1.29 is 4.74 Å². The Morgan fingerprint density at radius 3 is 2.57 bits per heavy atom. The Labute approximate surface area is 130 Å². The van der Waals surface area contributed by atoms with Crippen LogP contribution in [0.3, 0.4) is 0 Å². The smallest absolute Gasteiger partial charge is 0.119 e. The predicted octanol–water partition coefficient (Wildman–Crippen LogP) is 4.60. The summed E-state index contributed by atoms with van der Waals surface area (Å²) in [4.78, 5) is 0. The largest absolute Gasteiger partial charge is 0.497 e. The molecule has 0 aliphatic heterocycles. The molecule has 0 radical (unpaired) electrons. The molecule has 1 aliphatic rings. The molecule has 0 heterocycles. The average Bonchev–Trinajstić information content (AvgIpc) is 2.52. The van der Waals surface area contributed by atoms with Crippen LogP contribution in [0.15, 0.2) is 24.3 Å². The van der Waals surface area contributed by atoms with Crippen LogP contribution >= 0.6 is 0 Å². The molecule has 1 saturated carbocycles. The molecule has 1 fully saturated rings. The number of rotatable bonds is 7. The van der Waals surface area contributed by atoms with E-state index in [1.54, 1.807) is 7.11 Å². The van der Waals surface area contributed by atoms with Crippen LogP contribution in [0.4, 0.5) is 0 Å². The van der Waals surface area contributed by atoms with Crippen molar-refractivity contribution in [2.24, 2.45) is 11.8 Å². The minimum atomic E-state index is 0.624. The minimum absolute atomic E-state index is 0.624. The summed E-state index contributed by atoms with van der Waals surface area (Å²) in [5.41, 5.74) is 1.44. The van der Waals surface area contributed by atoms with Crippen molar-refractivity contribution in [3.63, 3.8) is 0 Å². The van der Waals surface area contributed by atoms with Crippen molar-refractivity contribution in [2.45, 2.75) is 51.9 Å². The molecule has 0 bridgehead atoms. The first-order valence-electron chi connectivity index (χ1n) is 8.55. The van der Waals surface area contributed by atoms with Crippen LogP contribution in [0.5, 0.6) is 5.75 Å². The first kappa shape index (κ1) is 16.4. The number of hydrogen-bond donors (Lipinski definition) is 1. The Hall–Kier alpha value is -1.02. The Kier molecular flexibility index (Phi) is 6.56. The van der Waals surface area contributed by atoms with Gasteiger partial charge in [-0.15, -0.1) is 0 Å². The van der Waals surface area contributed by atoms with E-state index < -0.39 is 0 Å². The molecule has 1 aromatic carbocycles.